The molecule has 2 aromatic rings. The maximum Gasteiger partial charge on any atom is 0.332 e. The van der Waals surface area contributed by atoms with Crippen LogP contribution in [0.15, 0.2) is 30.5 Å². The highest BCUT2D eigenvalue weighted by Gasteiger charge is 2.20. The highest BCUT2D eigenvalue weighted by molar-refractivity contribution is 7.71. The fourth-order valence-corrected chi connectivity index (χ4v) is 3.18. The summed E-state index contributed by atoms with van der Waals surface area (Å²) in [5.74, 6) is 0.464. The molecule has 0 unspecified atom stereocenters. The van der Waals surface area contributed by atoms with Crippen LogP contribution in [-0.2, 0) is 23.7 Å². The normalized spacial score (nSPS) is 12.8. The van der Waals surface area contributed by atoms with Gasteiger partial charge in [-0.15, -0.1) is 0 Å². The van der Waals surface area contributed by atoms with E-state index < -0.39 is 16.9 Å². The van der Waals surface area contributed by atoms with Crippen LogP contribution in [0.25, 0.3) is 11.1 Å². The number of aryl methyl sites for hydroxylation is 1. The first-order valence-electron chi connectivity index (χ1n) is 7.45. The van der Waals surface area contributed by atoms with E-state index in [2.05, 4.69) is 10.3 Å². The molecule has 0 saturated carbocycles. The third-order valence-electron chi connectivity index (χ3n) is 3.97. The molecule has 0 bridgehead atoms. The van der Waals surface area contributed by atoms with E-state index in [0.29, 0.717) is 11.6 Å². The summed E-state index contributed by atoms with van der Waals surface area (Å²) >= 11 is 0. The summed E-state index contributed by atoms with van der Waals surface area (Å²) in [5.41, 5.74) is 4.47. The smallest absolute Gasteiger partial charge is 0.332 e. The Bertz CT molecular complexity index is 856. The zero-order chi connectivity index (χ0) is 17.1. The summed E-state index contributed by atoms with van der Waals surface area (Å²) in [7, 11) is -1.47. The number of amides is 2. The van der Waals surface area contributed by atoms with Crippen molar-refractivity contribution in [3.63, 3.8) is 0 Å². The summed E-state index contributed by atoms with van der Waals surface area (Å²) in [6, 6.07) is 6.78. The van der Waals surface area contributed by atoms with Gasteiger partial charge in [0.1, 0.15) is 0 Å². The van der Waals surface area contributed by atoms with Crippen molar-refractivity contribution in [1.29, 1.82) is 0 Å². The van der Waals surface area contributed by atoms with Gasteiger partial charge in [-0.3, -0.25) is 0 Å². The minimum atomic E-state index is -3.01. The molecule has 3 rings (SSSR count). The number of urea groups is 1. The number of pyridine rings is 1. The van der Waals surface area contributed by atoms with Crippen molar-refractivity contribution in [2.24, 2.45) is 0 Å². The molecule has 0 aliphatic heterocycles. The second-order valence-corrected chi connectivity index (χ2v) is 6.13. The quantitative estimate of drug-likeness (QED) is 0.734. The van der Waals surface area contributed by atoms with Crippen LogP contribution < -0.4 is 14.8 Å². The fourth-order valence-electron chi connectivity index (χ4n) is 2.96. The average Bonchev–Trinajstić information content (AvgIpc) is 3.03. The minimum Gasteiger partial charge on any atom is -0.481 e. The van der Waals surface area contributed by atoms with E-state index >= 15 is 0 Å². The van der Waals surface area contributed by atoms with Crippen LogP contribution in [0, 0.1) is 0 Å². The van der Waals surface area contributed by atoms with Crippen molar-refractivity contribution in [2.45, 2.75) is 19.3 Å². The number of nitrogens with one attached hydrogen (secondary N) is 2. The van der Waals surface area contributed by atoms with Gasteiger partial charge >= 0.3 is 6.03 Å². The van der Waals surface area contributed by atoms with Crippen molar-refractivity contribution >= 4 is 22.6 Å². The van der Waals surface area contributed by atoms with Crippen molar-refractivity contribution in [3.8, 4) is 17.0 Å². The SMILES string of the molecule is COc1cc(-c2ccc3c(c2NC(=O)N[SH](=O)=O)CCC3)ccn1. The molecule has 1 aromatic heterocycles. The van der Waals surface area contributed by atoms with E-state index in [-0.39, 0.29) is 0 Å². The van der Waals surface area contributed by atoms with E-state index in [1.807, 2.05) is 22.9 Å². The van der Waals surface area contributed by atoms with Crippen LogP contribution >= 0.6 is 0 Å². The van der Waals surface area contributed by atoms with Crippen LogP contribution in [0.4, 0.5) is 10.5 Å². The van der Waals surface area contributed by atoms with Crippen LogP contribution in [0.2, 0.25) is 0 Å². The molecule has 24 heavy (non-hydrogen) atoms. The Kier molecular flexibility index (Phi) is 4.66. The number of hydrogen-bond acceptors (Lipinski definition) is 5. The fraction of sp³-hybridized carbons (Fsp3) is 0.250. The number of fused-ring (bicyclic) bond motifs is 1. The number of nitrogens with zero attached hydrogens (tertiary/aromatic N) is 1. The highest BCUT2D eigenvalue weighted by atomic mass is 32.2. The zero-order valence-electron chi connectivity index (χ0n) is 13.0. The van der Waals surface area contributed by atoms with Crippen LogP contribution in [0.3, 0.4) is 0 Å². The second-order valence-electron chi connectivity index (χ2n) is 5.39. The number of hydrogen-bond donors (Lipinski definition) is 3. The number of carbonyl (C=O) groups excluding carboxylic acids is 1. The number of aromatic nitrogens is 1. The molecule has 1 aliphatic carbocycles. The molecule has 1 aromatic carbocycles. The van der Waals surface area contributed by atoms with E-state index in [0.717, 1.165) is 36.0 Å². The van der Waals surface area contributed by atoms with Crippen LogP contribution in [0.1, 0.15) is 17.5 Å². The van der Waals surface area contributed by atoms with Gasteiger partial charge in [-0.25, -0.2) is 22.9 Å². The number of benzene rings is 1. The number of methoxy groups -OCH3 is 1. The topological polar surface area (TPSA) is 97.4 Å². The van der Waals surface area contributed by atoms with E-state index in [4.69, 9.17) is 4.74 Å². The number of carbonyl (C=O) groups is 1. The first-order chi connectivity index (χ1) is 11.6. The van der Waals surface area contributed by atoms with E-state index in [9.17, 15) is 13.2 Å². The molecule has 7 nitrogen and oxygen atoms in total. The molecule has 0 saturated heterocycles. The Hall–Kier alpha value is -2.61. The third-order valence-corrected chi connectivity index (χ3v) is 4.35. The Balaban J connectivity index is 2.07. The van der Waals surface area contributed by atoms with E-state index in [1.165, 1.54) is 12.7 Å². The molecule has 0 radical (unpaired) electrons. The zero-order valence-corrected chi connectivity index (χ0v) is 13.9. The van der Waals surface area contributed by atoms with Gasteiger partial charge in [0.15, 0.2) is 0 Å². The van der Waals surface area contributed by atoms with Gasteiger partial charge in [0.2, 0.25) is 16.8 Å². The van der Waals surface area contributed by atoms with Gasteiger partial charge in [0, 0.05) is 17.8 Å². The minimum absolute atomic E-state index is 0.464. The standard InChI is InChI=1S/C16H17N3O4S/c1-23-14-9-11(7-8-17-14)13-6-5-10-3-2-4-12(10)15(13)18-16(20)19-24(21)22/h5-9,24H,2-4H2,1H3,(H2,18,19,20,21,22). The van der Waals surface area contributed by atoms with Crippen LogP contribution in [-0.4, -0.2) is 26.5 Å². The average molecular weight is 347 g/mol. The Morgan fingerprint density at radius 1 is 1.25 bits per heavy atom. The molecule has 0 atom stereocenters. The lowest BCUT2D eigenvalue weighted by atomic mass is 9.98. The molecular formula is C16H17N3O4S. The predicted molar refractivity (Wildman–Crippen MR) is 90.7 cm³/mol. The lowest BCUT2D eigenvalue weighted by molar-refractivity contribution is 0.256. The van der Waals surface area contributed by atoms with Gasteiger partial charge in [0.25, 0.3) is 0 Å². The highest BCUT2D eigenvalue weighted by Crippen LogP contribution is 2.38. The third kappa shape index (κ3) is 3.33. The van der Waals surface area contributed by atoms with Crippen LogP contribution in [0.5, 0.6) is 5.88 Å². The number of anilines is 1. The molecule has 1 aliphatic rings. The van der Waals surface area contributed by atoms with Gasteiger partial charge in [-0.1, -0.05) is 12.1 Å². The molecule has 1 heterocycles. The number of rotatable bonds is 4. The summed E-state index contributed by atoms with van der Waals surface area (Å²) in [5, 5.41) is 2.68. The summed E-state index contributed by atoms with van der Waals surface area (Å²) < 4.78 is 28.4. The summed E-state index contributed by atoms with van der Waals surface area (Å²) in [6.07, 6.45) is 4.41. The molecule has 0 spiro atoms. The Labute approximate surface area is 141 Å². The Morgan fingerprint density at radius 2 is 2.08 bits per heavy atom. The second kappa shape index (κ2) is 6.88. The van der Waals surface area contributed by atoms with Gasteiger partial charge in [-0.2, -0.15) is 0 Å². The summed E-state index contributed by atoms with van der Waals surface area (Å²) in [6.45, 7) is 0. The molecule has 0 fully saturated rings. The maximum absolute atomic E-state index is 11.9. The molecule has 8 heteroatoms. The predicted octanol–water partition coefficient (Wildman–Crippen LogP) is 1.89. The number of ether oxygens (including phenoxy) is 1. The van der Waals surface area contributed by atoms with Crippen molar-refractivity contribution in [2.75, 3.05) is 12.4 Å². The lowest BCUT2D eigenvalue weighted by Gasteiger charge is -2.16. The molecule has 2 N–H and O–H groups in total. The summed E-state index contributed by atoms with van der Waals surface area (Å²) in [4.78, 5) is 16.0. The monoisotopic (exact) mass is 347 g/mol. The largest absolute Gasteiger partial charge is 0.481 e. The van der Waals surface area contributed by atoms with Gasteiger partial charge in [0.05, 0.1) is 12.8 Å². The number of thiol groups is 1. The molecule has 126 valence electrons. The van der Waals surface area contributed by atoms with Crippen molar-refractivity contribution in [1.82, 2.24) is 9.71 Å². The van der Waals surface area contributed by atoms with Gasteiger partial charge in [-0.05, 0) is 42.0 Å². The van der Waals surface area contributed by atoms with Crippen molar-refractivity contribution in [3.05, 3.63) is 41.6 Å². The maximum atomic E-state index is 11.9. The first-order valence-corrected chi connectivity index (χ1v) is 8.63. The molecule has 2 amide bonds. The van der Waals surface area contributed by atoms with E-state index in [1.54, 1.807) is 12.3 Å². The van der Waals surface area contributed by atoms with Crippen molar-refractivity contribution < 1.29 is 17.9 Å². The first kappa shape index (κ1) is 16.3. The Morgan fingerprint density at radius 3 is 2.83 bits per heavy atom. The molecular weight excluding hydrogens is 330 g/mol. The van der Waals surface area contributed by atoms with Gasteiger partial charge < -0.3 is 10.1 Å². The lowest BCUT2D eigenvalue weighted by Crippen LogP contribution is -2.28.